The summed E-state index contributed by atoms with van der Waals surface area (Å²) in [6.07, 6.45) is 1.34. The maximum atomic E-state index is 11.9. The maximum Gasteiger partial charge on any atom is 0.259 e. The normalized spacial score (nSPS) is 10.2. The average molecular weight is 270 g/mol. The molecular weight excluding hydrogens is 262 g/mol. The fourth-order valence-electron chi connectivity index (χ4n) is 1.15. The van der Waals surface area contributed by atoms with Crippen molar-refractivity contribution in [1.82, 2.24) is 15.2 Å². The Bertz CT molecular complexity index is 570. The summed E-state index contributed by atoms with van der Waals surface area (Å²) in [4.78, 5) is 15.6. The van der Waals surface area contributed by atoms with Crippen LogP contribution in [0.25, 0.3) is 0 Å². The zero-order valence-electron chi connectivity index (χ0n) is 8.77. The average Bonchev–Trinajstić information content (AvgIpc) is 2.67. The third-order valence-corrected chi connectivity index (χ3v) is 2.85. The summed E-state index contributed by atoms with van der Waals surface area (Å²) in [5.41, 5.74) is 6.15. The number of nitrogens with zero attached hydrogens (tertiary/aromatic N) is 3. The smallest absolute Gasteiger partial charge is 0.259 e. The molecule has 2 rings (SSSR count). The second-order valence-corrected chi connectivity index (χ2v) is 4.74. The highest BCUT2D eigenvalue weighted by Gasteiger charge is 2.13. The molecule has 2 heterocycles. The molecule has 2 aromatic rings. The van der Waals surface area contributed by atoms with Crippen LogP contribution in [0.4, 0.5) is 10.8 Å². The van der Waals surface area contributed by atoms with Gasteiger partial charge in [0.25, 0.3) is 5.91 Å². The molecule has 0 fully saturated rings. The number of halogens is 1. The summed E-state index contributed by atoms with van der Waals surface area (Å²) in [6.45, 7) is 1.80. The van der Waals surface area contributed by atoms with Crippen molar-refractivity contribution in [3.8, 4) is 0 Å². The molecule has 0 aliphatic heterocycles. The van der Waals surface area contributed by atoms with E-state index < -0.39 is 0 Å². The van der Waals surface area contributed by atoms with Crippen LogP contribution in [-0.4, -0.2) is 21.1 Å². The first-order chi connectivity index (χ1) is 8.06. The highest BCUT2D eigenvalue weighted by Crippen LogP contribution is 2.19. The third-order valence-electron chi connectivity index (χ3n) is 1.89. The molecule has 0 saturated heterocycles. The summed E-state index contributed by atoms with van der Waals surface area (Å²) in [5.74, 6) is -0.386. The molecule has 2 aromatic heterocycles. The molecule has 0 aliphatic rings. The number of nitrogen functional groups attached to an aromatic ring is 1. The van der Waals surface area contributed by atoms with Crippen LogP contribution < -0.4 is 11.1 Å². The molecule has 0 saturated carbocycles. The molecule has 0 unspecified atom stereocenters. The highest BCUT2D eigenvalue weighted by atomic mass is 35.5. The Labute approximate surface area is 106 Å². The molecule has 0 radical (unpaired) electrons. The van der Waals surface area contributed by atoms with Crippen LogP contribution >= 0.6 is 22.9 Å². The fourth-order valence-corrected chi connectivity index (χ4v) is 1.89. The Hall–Kier alpha value is -1.73. The van der Waals surface area contributed by atoms with E-state index in [9.17, 15) is 4.79 Å². The molecule has 3 N–H and O–H groups in total. The van der Waals surface area contributed by atoms with Crippen molar-refractivity contribution in [2.24, 2.45) is 0 Å². The quantitative estimate of drug-likeness (QED) is 0.810. The number of rotatable bonds is 2. The number of aromatic nitrogens is 3. The number of nitrogens with one attached hydrogen (secondary N) is 1. The van der Waals surface area contributed by atoms with Gasteiger partial charge in [0, 0.05) is 0 Å². The van der Waals surface area contributed by atoms with Crippen molar-refractivity contribution in [3.63, 3.8) is 0 Å². The third kappa shape index (κ3) is 2.69. The highest BCUT2D eigenvalue weighted by molar-refractivity contribution is 7.15. The molecule has 17 heavy (non-hydrogen) atoms. The Kier molecular flexibility index (Phi) is 3.21. The molecular formula is C9H8ClN5OS. The second kappa shape index (κ2) is 4.64. The number of carbonyl (C=O) groups is 1. The van der Waals surface area contributed by atoms with Gasteiger partial charge in [-0.15, -0.1) is 10.2 Å². The molecule has 0 atom stereocenters. The van der Waals surface area contributed by atoms with E-state index in [0.29, 0.717) is 5.13 Å². The molecule has 0 aromatic carbocycles. The predicted molar refractivity (Wildman–Crippen MR) is 66.3 cm³/mol. The lowest BCUT2D eigenvalue weighted by molar-refractivity contribution is 0.102. The van der Waals surface area contributed by atoms with Crippen molar-refractivity contribution < 1.29 is 4.79 Å². The lowest BCUT2D eigenvalue weighted by Gasteiger charge is -2.04. The summed E-state index contributed by atoms with van der Waals surface area (Å²) >= 11 is 6.97. The predicted octanol–water partition coefficient (Wildman–Crippen LogP) is 1.73. The largest absolute Gasteiger partial charge is 0.397 e. The Morgan fingerprint density at radius 3 is 2.94 bits per heavy atom. The zero-order chi connectivity index (χ0) is 12.4. The monoisotopic (exact) mass is 269 g/mol. The van der Waals surface area contributed by atoms with Crippen LogP contribution in [0.1, 0.15) is 15.4 Å². The topological polar surface area (TPSA) is 93.8 Å². The summed E-state index contributed by atoms with van der Waals surface area (Å²) < 4.78 is 0. The first-order valence-electron chi connectivity index (χ1n) is 4.59. The number of anilines is 2. The van der Waals surface area contributed by atoms with Gasteiger partial charge in [-0.1, -0.05) is 22.9 Å². The lowest BCUT2D eigenvalue weighted by Crippen LogP contribution is -2.14. The SMILES string of the molecule is Cc1nnc(NC(=O)c2cc(Cl)ncc2N)s1. The minimum atomic E-state index is -0.386. The van der Waals surface area contributed by atoms with Gasteiger partial charge in [0.15, 0.2) is 0 Å². The number of pyridine rings is 1. The molecule has 1 amide bonds. The fraction of sp³-hybridized carbons (Fsp3) is 0.111. The molecule has 0 spiro atoms. The Morgan fingerprint density at radius 1 is 1.53 bits per heavy atom. The van der Waals surface area contributed by atoms with Gasteiger partial charge in [-0.2, -0.15) is 0 Å². The van der Waals surface area contributed by atoms with Gasteiger partial charge in [0.2, 0.25) is 5.13 Å². The number of hydrogen-bond donors (Lipinski definition) is 2. The van der Waals surface area contributed by atoms with Crippen molar-refractivity contribution in [3.05, 3.63) is 28.0 Å². The molecule has 6 nitrogen and oxygen atoms in total. The van der Waals surface area contributed by atoms with Gasteiger partial charge in [-0.05, 0) is 13.0 Å². The van der Waals surface area contributed by atoms with Crippen LogP contribution in [0.2, 0.25) is 5.15 Å². The minimum absolute atomic E-state index is 0.206. The van der Waals surface area contributed by atoms with Crippen molar-refractivity contribution in [2.75, 3.05) is 11.1 Å². The zero-order valence-corrected chi connectivity index (χ0v) is 10.3. The molecule has 0 aliphatic carbocycles. The van der Waals surface area contributed by atoms with Crippen molar-refractivity contribution in [2.45, 2.75) is 6.92 Å². The number of carbonyl (C=O) groups excluding carboxylic acids is 1. The Morgan fingerprint density at radius 2 is 2.29 bits per heavy atom. The Balaban J connectivity index is 2.22. The van der Waals surface area contributed by atoms with E-state index in [1.165, 1.54) is 23.6 Å². The van der Waals surface area contributed by atoms with Crippen LogP contribution in [-0.2, 0) is 0 Å². The summed E-state index contributed by atoms with van der Waals surface area (Å²) in [5, 5.41) is 11.5. The van der Waals surface area contributed by atoms with E-state index in [4.69, 9.17) is 17.3 Å². The molecule has 8 heteroatoms. The first kappa shape index (κ1) is 11.7. The molecule has 88 valence electrons. The van der Waals surface area contributed by atoms with E-state index in [0.717, 1.165) is 5.01 Å². The standard InChI is InChI=1S/C9H8ClN5OS/c1-4-14-15-9(17-4)13-8(16)5-2-7(10)12-3-6(5)11/h2-3H,11H2,1H3,(H,13,15,16). The van der Waals surface area contributed by atoms with Crippen molar-refractivity contribution >= 4 is 39.7 Å². The van der Waals surface area contributed by atoms with E-state index >= 15 is 0 Å². The van der Waals surface area contributed by atoms with Crippen LogP contribution in [0, 0.1) is 6.92 Å². The van der Waals surface area contributed by atoms with Crippen LogP contribution in [0.5, 0.6) is 0 Å². The van der Waals surface area contributed by atoms with Gasteiger partial charge in [-0.3, -0.25) is 10.1 Å². The van der Waals surface area contributed by atoms with E-state index in [1.54, 1.807) is 6.92 Å². The van der Waals surface area contributed by atoms with Crippen molar-refractivity contribution in [1.29, 1.82) is 0 Å². The number of nitrogens with two attached hydrogens (primary N) is 1. The molecule has 0 bridgehead atoms. The van der Waals surface area contributed by atoms with Crippen LogP contribution in [0.3, 0.4) is 0 Å². The second-order valence-electron chi connectivity index (χ2n) is 3.17. The van der Waals surface area contributed by atoms with E-state index in [1.807, 2.05) is 0 Å². The maximum absolute atomic E-state index is 11.9. The first-order valence-corrected chi connectivity index (χ1v) is 5.78. The summed E-state index contributed by atoms with van der Waals surface area (Å²) in [6, 6.07) is 1.40. The van der Waals surface area contributed by atoms with E-state index in [-0.39, 0.29) is 22.3 Å². The van der Waals surface area contributed by atoms with Crippen LogP contribution in [0.15, 0.2) is 12.3 Å². The minimum Gasteiger partial charge on any atom is -0.397 e. The lowest BCUT2D eigenvalue weighted by atomic mass is 10.2. The number of amides is 1. The number of hydrogen-bond acceptors (Lipinski definition) is 6. The van der Waals surface area contributed by atoms with Gasteiger partial charge < -0.3 is 5.73 Å². The van der Waals surface area contributed by atoms with Gasteiger partial charge >= 0.3 is 0 Å². The van der Waals surface area contributed by atoms with E-state index in [2.05, 4.69) is 20.5 Å². The van der Waals surface area contributed by atoms with Gasteiger partial charge in [0.05, 0.1) is 17.4 Å². The number of aryl methyl sites for hydroxylation is 1. The van der Waals surface area contributed by atoms with Gasteiger partial charge in [0.1, 0.15) is 10.2 Å². The summed E-state index contributed by atoms with van der Waals surface area (Å²) in [7, 11) is 0. The van der Waals surface area contributed by atoms with Gasteiger partial charge in [-0.25, -0.2) is 4.98 Å².